The predicted octanol–water partition coefficient (Wildman–Crippen LogP) is 3.73. The third-order valence-corrected chi connectivity index (χ3v) is 3.48. The SMILES string of the molecule is Cl.Clc1ccc(SC2=CCNCC2)cc1. The Morgan fingerprint density at radius 2 is 1.93 bits per heavy atom. The lowest BCUT2D eigenvalue weighted by Gasteiger charge is -2.13. The molecule has 0 atom stereocenters. The summed E-state index contributed by atoms with van der Waals surface area (Å²) in [4.78, 5) is 2.72. The fourth-order valence-corrected chi connectivity index (χ4v) is 2.42. The Hall–Kier alpha value is -0.150. The van der Waals surface area contributed by atoms with E-state index < -0.39 is 0 Å². The van der Waals surface area contributed by atoms with E-state index in [0.29, 0.717) is 0 Å². The first-order chi connectivity index (χ1) is 6.84. The van der Waals surface area contributed by atoms with E-state index in [9.17, 15) is 0 Å². The van der Waals surface area contributed by atoms with Gasteiger partial charge in [0.1, 0.15) is 0 Å². The number of halogens is 2. The van der Waals surface area contributed by atoms with Gasteiger partial charge in [0, 0.05) is 16.5 Å². The van der Waals surface area contributed by atoms with E-state index in [4.69, 9.17) is 11.6 Å². The highest BCUT2D eigenvalue weighted by atomic mass is 35.5. The van der Waals surface area contributed by atoms with Crippen molar-refractivity contribution in [1.82, 2.24) is 5.32 Å². The Morgan fingerprint density at radius 1 is 1.20 bits per heavy atom. The van der Waals surface area contributed by atoms with Crippen molar-refractivity contribution in [2.24, 2.45) is 0 Å². The molecule has 0 spiro atoms. The summed E-state index contributed by atoms with van der Waals surface area (Å²) in [7, 11) is 0. The van der Waals surface area contributed by atoms with Gasteiger partial charge in [-0.1, -0.05) is 29.4 Å². The van der Waals surface area contributed by atoms with Gasteiger partial charge in [-0.2, -0.15) is 0 Å². The minimum atomic E-state index is 0. The van der Waals surface area contributed by atoms with Crippen LogP contribution in [-0.2, 0) is 0 Å². The fraction of sp³-hybridized carbons (Fsp3) is 0.273. The van der Waals surface area contributed by atoms with Gasteiger partial charge >= 0.3 is 0 Å². The number of rotatable bonds is 2. The molecule has 4 heteroatoms. The summed E-state index contributed by atoms with van der Waals surface area (Å²) in [6.07, 6.45) is 3.38. The zero-order chi connectivity index (χ0) is 9.80. The molecule has 82 valence electrons. The van der Waals surface area contributed by atoms with E-state index in [1.54, 1.807) is 0 Å². The second-order valence-corrected chi connectivity index (χ2v) is 4.82. The summed E-state index contributed by atoms with van der Waals surface area (Å²) in [6.45, 7) is 2.09. The van der Waals surface area contributed by atoms with Crippen LogP contribution < -0.4 is 5.32 Å². The fourth-order valence-electron chi connectivity index (χ4n) is 1.35. The van der Waals surface area contributed by atoms with E-state index >= 15 is 0 Å². The van der Waals surface area contributed by atoms with E-state index in [0.717, 1.165) is 24.5 Å². The number of nitrogens with one attached hydrogen (secondary N) is 1. The van der Waals surface area contributed by atoms with Crippen molar-refractivity contribution in [3.05, 3.63) is 40.3 Å². The van der Waals surface area contributed by atoms with Crippen molar-refractivity contribution in [1.29, 1.82) is 0 Å². The summed E-state index contributed by atoms with van der Waals surface area (Å²) >= 11 is 7.66. The molecule has 0 radical (unpaired) electrons. The van der Waals surface area contributed by atoms with Crippen molar-refractivity contribution >= 4 is 35.8 Å². The van der Waals surface area contributed by atoms with Gasteiger partial charge in [-0.05, 0) is 42.1 Å². The van der Waals surface area contributed by atoms with Crippen LogP contribution in [0.2, 0.25) is 5.02 Å². The van der Waals surface area contributed by atoms with Crippen LogP contribution in [0.5, 0.6) is 0 Å². The zero-order valence-electron chi connectivity index (χ0n) is 8.20. The lowest BCUT2D eigenvalue weighted by atomic mass is 10.3. The standard InChI is InChI=1S/C11H12ClNS.ClH/c12-9-1-3-10(4-2-9)14-11-5-7-13-8-6-11;/h1-5,13H,6-8H2;1H. The molecule has 1 heterocycles. The summed E-state index contributed by atoms with van der Waals surface area (Å²) < 4.78 is 0. The number of hydrogen-bond donors (Lipinski definition) is 1. The van der Waals surface area contributed by atoms with Gasteiger partial charge in [0.25, 0.3) is 0 Å². The van der Waals surface area contributed by atoms with E-state index in [-0.39, 0.29) is 12.4 Å². The van der Waals surface area contributed by atoms with E-state index in [2.05, 4.69) is 23.5 Å². The maximum absolute atomic E-state index is 5.82. The Labute approximate surface area is 106 Å². The molecule has 0 aliphatic carbocycles. The minimum absolute atomic E-state index is 0. The third kappa shape index (κ3) is 4.07. The van der Waals surface area contributed by atoms with Gasteiger partial charge in [-0.25, -0.2) is 0 Å². The summed E-state index contributed by atoms with van der Waals surface area (Å²) in [5, 5.41) is 4.10. The van der Waals surface area contributed by atoms with Crippen LogP contribution in [-0.4, -0.2) is 13.1 Å². The molecule has 0 saturated carbocycles. The normalized spacial score (nSPS) is 15.4. The predicted molar refractivity (Wildman–Crippen MR) is 70.1 cm³/mol. The molecule has 0 bridgehead atoms. The molecule has 0 unspecified atom stereocenters. The second-order valence-electron chi connectivity index (χ2n) is 3.18. The topological polar surface area (TPSA) is 12.0 Å². The molecule has 0 amide bonds. The summed E-state index contributed by atoms with van der Waals surface area (Å²) in [5.41, 5.74) is 0. The highest BCUT2D eigenvalue weighted by Crippen LogP contribution is 2.30. The molecule has 1 aliphatic rings. The molecule has 0 aromatic heterocycles. The van der Waals surface area contributed by atoms with Crippen molar-refractivity contribution in [3.8, 4) is 0 Å². The van der Waals surface area contributed by atoms with Crippen molar-refractivity contribution < 1.29 is 0 Å². The molecule has 15 heavy (non-hydrogen) atoms. The first kappa shape index (κ1) is 12.9. The average Bonchev–Trinajstić information content (AvgIpc) is 2.23. The molecule has 0 fully saturated rings. The van der Waals surface area contributed by atoms with Crippen LogP contribution in [0.3, 0.4) is 0 Å². The molecule has 1 nitrogen and oxygen atoms in total. The van der Waals surface area contributed by atoms with Crippen LogP contribution >= 0.6 is 35.8 Å². The number of hydrogen-bond acceptors (Lipinski definition) is 2. The quantitative estimate of drug-likeness (QED) is 0.871. The monoisotopic (exact) mass is 261 g/mol. The smallest absolute Gasteiger partial charge is 0.0406 e. The average molecular weight is 262 g/mol. The lowest BCUT2D eigenvalue weighted by molar-refractivity contribution is 0.722. The largest absolute Gasteiger partial charge is 0.313 e. The summed E-state index contributed by atoms with van der Waals surface area (Å²) in [6, 6.07) is 8.00. The van der Waals surface area contributed by atoms with Gasteiger partial charge in [-0.3, -0.25) is 0 Å². The van der Waals surface area contributed by atoms with Gasteiger partial charge in [0.15, 0.2) is 0 Å². The third-order valence-electron chi connectivity index (χ3n) is 2.08. The maximum Gasteiger partial charge on any atom is 0.0406 e. The van der Waals surface area contributed by atoms with Crippen LogP contribution in [0.4, 0.5) is 0 Å². The van der Waals surface area contributed by atoms with Gasteiger partial charge in [-0.15, -0.1) is 12.4 Å². The Balaban J connectivity index is 0.00000112. The molecule has 1 N–H and O–H groups in total. The van der Waals surface area contributed by atoms with E-state index in [1.165, 1.54) is 9.80 Å². The molecular weight excluding hydrogens is 249 g/mol. The van der Waals surface area contributed by atoms with E-state index in [1.807, 2.05) is 23.9 Å². The lowest BCUT2D eigenvalue weighted by Crippen LogP contribution is -2.19. The van der Waals surface area contributed by atoms with Crippen LogP contribution in [0.15, 0.2) is 40.1 Å². The first-order valence-corrected chi connectivity index (χ1v) is 5.87. The second kappa shape index (κ2) is 6.44. The molecular formula is C11H13Cl2NS. The van der Waals surface area contributed by atoms with Crippen molar-refractivity contribution in [2.45, 2.75) is 11.3 Å². The van der Waals surface area contributed by atoms with Crippen molar-refractivity contribution in [3.63, 3.8) is 0 Å². The van der Waals surface area contributed by atoms with Crippen molar-refractivity contribution in [2.75, 3.05) is 13.1 Å². The highest BCUT2D eigenvalue weighted by molar-refractivity contribution is 8.03. The van der Waals surface area contributed by atoms with Gasteiger partial charge < -0.3 is 5.32 Å². The number of thioether (sulfide) groups is 1. The van der Waals surface area contributed by atoms with Gasteiger partial charge in [0.2, 0.25) is 0 Å². The maximum atomic E-state index is 5.82. The molecule has 1 aromatic carbocycles. The molecule has 0 saturated heterocycles. The Kier molecular flexibility index (Phi) is 5.54. The molecule has 2 rings (SSSR count). The Morgan fingerprint density at radius 3 is 2.53 bits per heavy atom. The first-order valence-electron chi connectivity index (χ1n) is 4.68. The molecule has 1 aromatic rings. The summed E-state index contributed by atoms with van der Waals surface area (Å²) in [5.74, 6) is 0. The van der Waals surface area contributed by atoms with Crippen LogP contribution in [0.25, 0.3) is 0 Å². The van der Waals surface area contributed by atoms with Crippen LogP contribution in [0.1, 0.15) is 6.42 Å². The highest BCUT2D eigenvalue weighted by Gasteiger charge is 2.04. The van der Waals surface area contributed by atoms with Crippen LogP contribution in [0, 0.1) is 0 Å². The molecule has 1 aliphatic heterocycles. The Bertz CT molecular complexity index is 335. The van der Waals surface area contributed by atoms with Gasteiger partial charge in [0.05, 0.1) is 0 Å². The minimum Gasteiger partial charge on any atom is -0.313 e. The number of benzene rings is 1. The zero-order valence-corrected chi connectivity index (χ0v) is 10.6.